The summed E-state index contributed by atoms with van der Waals surface area (Å²) in [5.74, 6) is -0.763. The van der Waals surface area contributed by atoms with Crippen molar-refractivity contribution < 1.29 is 48.7 Å². The van der Waals surface area contributed by atoms with E-state index in [1.165, 1.54) is 0 Å². The van der Waals surface area contributed by atoms with Crippen molar-refractivity contribution in [2.75, 3.05) is 0 Å². The zero-order valence-corrected chi connectivity index (χ0v) is 7.40. The van der Waals surface area contributed by atoms with Crippen molar-refractivity contribution in [3.8, 4) is 0 Å². The minimum absolute atomic E-state index is 0. The second-order valence-corrected chi connectivity index (χ2v) is 1.39. The first-order valence-corrected chi connectivity index (χ1v) is 2.46. The van der Waals surface area contributed by atoms with E-state index in [1.54, 1.807) is 0 Å². The van der Waals surface area contributed by atoms with Gasteiger partial charge in [-0.05, 0) is 0 Å². The van der Waals surface area contributed by atoms with Crippen LogP contribution in [0.5, 0.6) is 0 Å². The third kappa shape index (κ3) is 9.77. The van der Waals surface area contributed by atoms with Crippen LogP contribution in [0.2, 0.25) is 0 Å². The van der Waals surface area contributed by atoms with E-state index in [4.69, 9.17) is 4.55 Å². The summed E-state index contributed by atoms with van der Waals surface area (Å²) in [6, 6.07) is 0. The van der Waals surface area contributed by atoms with E-state index in [2.05, 4.69) is 4.18 Å². The van der Waals surface area contributed by atoms with Crippen LogP contribution >= 0.6 is 0 Å². The molecular weight excluding hydrogens is 143 g/mol. The fourth-order valence-corrected chi connectivity index (χ4v) is 0.301. The van der Waals surface area contributed by atoms with Gasteiger partial charge in [0, 0.05) is 6.92 Å². The monoisotopic (exact) mass is 148 g/mol. The Morgan fingerprint density at radius 2 is 2.25 bits per heavy atom. The Balaban J connectivity index is -0.000000180. The molecule has 0 heterocycles. The van der Waals surface area contributed by atoms with E-state index in [9.17, 15) is 9.00 Å². The van der Waals surface area contributed by atoms with Crippen LogP contribution in [0.1, 0.15) is 8.35 Å². The Hall–Kier alpha value is 0.580. The third-order valence-electron chi connectivity index (χ3n) is 0.189. The van der Waals surface area contributed by atoms with Crippen molar-refractivity contribution in [2.45, 2.75) is 6.92 Å². The molecule has 44 valence electrons. The van der Waals surface area contributed by atoms with E-state index in [-0.39, 0.29) is 31.0 Å². The van der Waals surface area contributed by atoms with Crippen LogP contribution in [0.25, 0.3) is 0 Å². The Bertz CT molecular complexity index is 94.7. The van der Waals surface area contributed by atoms with Gasteiger partial charge in [0.2, 0.25) is 0 Å². The molecule has 1 unspecified atom stereocenters. The summed E-state index contributed by atoms with van der Waals surface area (Å²) in [4.78, 5) is 9.68. The van der Waals surface area contributed by atoms with Gasteiger partial charge < -0.3 is 5.61 Å². The maximum absolute atomic E-state index is 9.68. The van der Waals surface area contributed by atoms with Crippen LogP contribution in [0.3, 0.4) is 0 Å². The van der Waals surface area contributed by atoms with E-state index >= 15 is 0 Å². The molecule has 0 rings (SSSR count). The summed E-state index contributed by atoms with van der Waals surface area (Å²) < 4.78 is 20.9. The molecule has 0 aromatic rings. The molecule has 0 spiro atoms. The molecular formula is C2H5NaO4S. The molecule has 0 aliphatic heterocycles. The van der Waals surface area contributed by atoms with E-state index in [1.807, 2.05) is 0 Å². The number of carbonyl (C=O) groups is 1. The van der Waals surface area contributed by atoms with E-state index in [0.717, 1.165) is 6.92 Å². The Morgan fingerprint density at radius 1 is 1.88 bits per heavy atom. The van der Waals surface area contributed by atoms with Crippen LogP contribution in [-0.2, 0) is 20.3 Å². The molecule has 1 atom stereocenters. The molecule has 0 aromatic carbocycles. The summed E-state index contributed by atoms with van der Waals surface area (Å²) in [5.41, 5.74) is 0. The average molecular weight is 148 g/mol. The fourth-order valence-electron chi connectivity index (χ4n) is 0.100. The molecule has 0 aliphatic carbocycles. The maximum Gasteiger partial charge on any atom is 1.00 e. The standard InChI is InChI=1S/C2H4O4S.Na.H/c1-2(3)6-7(4)5;;/h1H3,(H,4,5);;/q;+1;-1. The SMILES string of the molecule is CC(=O)OS(=O)O.[H-].[Na+]. The molecule has 1 N–H and O–H groups in total. The average Bonchev–Trinajstić information content (AvgIpc) is 1.27. The van der Waals surface area contributed by atoms with Crippen molar-refractivity contribution in [1.29, 1.82) is 0 Å². The van der Waals surface area contributed by atoms with Crippen LogP contribution in [-0.4, -0.2) is 14.7 Å². The number of carbonyl (C=O) groups excluding carboxylic acids is 1. The quantitative estimate of drug-likeness (QED) is 0.314. The fraction of sp³-hybridized carbons (Fsp3) is 0.500. The smallest absolute Gasteiger partial charge is 1.00 e. The number of rotatable bonds is 1. The second kappa shape index (κ2) is 5.71. The molecule has 6 heteroatoms. The normalized spacial score (nSPS) is 11.2. The second-order valence-electron chi connectivity index (χ2n) is 0.792. The summed E-state index contributed by atoms with van der Waals surface area (Å²) in [7, 11) is 0. The zero-order valence-electron chi connectivity index (χ0n) is 5.58. The van der Waals surface area contributed by atoms with Crippen molar-refractivity contribution in [1.82, 2.24) is 0 Å². The van der Waals surface area contributed by atoms with Gasteiger partial charge in [-0.2, -0.15) is 4.21 Å². The largest absolute Gasteiger partial charge is 1.00 e. The van der Waals surface area contributed by atoms with Crippen molar-refractivity contribution in [3.63, 3.8) is 0 Å². The van der Waals surface area contributed by atoms with Crippen molar-refractivity contribution in [3.05, 3.63) is 0 Å². The predicted molar refractivity (Wildman–Crippen MR) is 23.6 cm³/mol. The minimum atomic E-state index is -2.45. The predicted octanol–water partition coefficient (Wildman–Crippen LogP) is -3.20. The van der Waals surface area contributed by atoms with E-state index in [0.29, 0.717) is 0 Å². The minimum Gasteiger partial charge on any atom is -1.00 e. The molecule has 8 heavy (non-hydrogen) atoms. The Kier molecular flexibility index (Phi) is 8.13. The number of hydrogen-bond acceptors (Lipinski definition) is 3. The van der Waals surface area contributed by atoms with Crippen molar-refractivity contribution >= 4 is 17.3 Å². The van der Waals surface area contributed by atoms with Gasteiger partial charge in [-0.3, -0.25) is 9.35 Å². The van der Waals surface area contributed by atoms with Crippen molar-refractivity contribution in [2.24, 2.45) is 0 Å². The Morgan fingerprint density at radius 3 is 2.25 bits per heavy atom. The number of hydrogen-bond donors (Lipinski definition) is 1. The topological polar surface area (TPSA) is 63.6 Å². The van der Waals surface area contributed by atoms with Gasteiger partial charge in [-0.25, -0.2) is 0 Å². The maximum atomic E-state index is 9.68. The first kappa shape index (κ1) is 11.4. The molecule has 0 aromatic heterocycles. The summed E-state index contributed by atoms with van der Waals surface area (Å²) in [6.45, 7) is 1.05. The van der Waals surface area contributed by atoms with E-state index < -0.39 is 17.3 Å². The first-order valence-electron chi connectivity index (χ1n) is 1.42. The molecule has 0 amide bonds. The zero-order chi connectivity index (χ0) is 5.86. The molecule has 0 saturated heterocycles. The van der Waals surface area contributed by atoms with Gasteiger partial charge in [0.15, 0.2) is 0 Å². The molecule has 0 radical (unpaired) electrons. The van der Waals surface area contributed by atoms with Crippen LogP contribution < -0.4 is 29.6 Å². The summed E-state index contributed by atoms with van der Waals surface area (Å²) in [5, 5.41) is 0. The van der Waals surface area contributed by atoms with Crippen LogP contribution in [0.15, 0.2) is 0 Å². The van der Waals surface area contributed by atoms with Gasteiger partial charge in [0.25, 0.3) is 0 Å². The van der Waals surface area contributed by atoms with Gasteiger partial charge in [-0.15, -0.1) is 0 Å². The van der Waals surface area contributed by atoms with Crippen LogP contribution in [0.4, 0.5) is 0 Å². The van der Waals surface area contributed by atoms with Crippen LogP contribution in [0, 0.1) is 0 Å². The molecule has 0 aliphatic rings. The van der Waals surface area contributed by atoms with Gasteiger partial charge in [0.05, 0.1) is 0 Å². The summed E-state index contributed by atoms with van der Waals surface area (Å²) >= 11 is -2.45. The Labute approximate surface area is 72.9 Å². The summed E-state index contributed by atoms with van der Waals surface area (Å²) in [6.07, 6.45) is 0. The molecule has 0 fully saturated rings. The molecule has 0 bridgehead atoms. The van der Waals surface area contributed by atoms with Gasteiger partial charge >= 0.3 is 46.9 Å². The first-order chi connectivity index (χ1) is 3.13. The third-order valence-corrected chi connectivity index (χ3v) is 0.566. The van der Waals surface area contributed by atoms with Gasteiger partial charge in [-0.1, -0.05) is 0 Å². The molecule has 4 nitrogen and oxygen atoms in total. The van der Waals surface area contributed by atoms with Gasteiger partial charge in [0.1, 0.15) is 0 Å². The molecule has 0 saturated carbocycles.